The maximum absolute atomic E-state index is 12.4. The maximum atomic E-state index is 12.4. The fourth-order valence-electron chi connectivity index (χ4n) is 2.83. The fourth-order valence-corrected chi connectivity index (χ4v) is 2.94. The second-order valence-corrected chi connectivity index (χ2v) is 6.37. The number of nitrogens with zero attached hydrogens (tertiary/aromatic N) is 1. The first-order valence-corrected chi connectivity index (χ1v) is 8.14. The first-order valence-electron chi connectivity index (χ1n) is 7.76. The van der Waals surface area contributed by atoms with Gasteiger partial charge in [-0.05, 0) is 56.2 Å². The lowest BCUT2D eigenvalue weighted by molar-refractivity contribution is -0.138. The highest BCUT2D eigenvalue weighted by atomic mass is 35.5. The average Bonchev–Trinajstić information content (AvgIpc) is 2.83. The lowest BCUT2D eigenvalue weighted by atomic mass is 10.1. The standard InChI is InChI=1S/C19H16ClNO4/c1-10-8-13(9-11(2)16(10)20)25-19(24)12(3)21-17(22)14-6-4-5-7-15(14)18(21)23/h4-9,12H,1-3H3. The van der Waals surface area contributed by atoms with Gasteiger partial charge in [0.1, 0.15) is 11.8 Å². The van der Waals surface area contributed by atoms with E-state index in [2.05, 4.69) is 0 Å². The normalized spacial score (nSPS) is 14.5. The van der Waals surface area contributed by atoms with Crippen LogP contribution in [0.4, 0.5) is 0 Å². The van der Waals surface area contributed by atoms with Gasteiger partial charge in [0.15, 0.2) is 0 Å². The number of esters is 1. The molecule has 0 saturated heterocycles. The van der Waals surface area contributed by atoms with Crippen molar-refractivity contribution in [3.63, 3.8) is 0 Å². The first kappa shape index (κ1) is 17.2. The number of hydrogen-bond acceptors (Lipinski definition) is 4. The summed E-state index contributed by atoms with van der Waals surface area (Å²) in [5.41, 5.74) is 2.14. The van der Waals surface area contributed by atoms with Crippen molar-refractivity contribution in [2.24, 2.45) is 0 Å². The zero-order valence-electron chi connectivity index (χ0n) is 14.0. The highest BCUT2D eigenvalue weighted by molar-refractivity contribution is 6.32. The molecule has 3 rings (SSSR count). The highest BCUT2D eigenvalue weighted by Crippen LogP contribution is 2.28. The highest BCUT2D eigenvalue weighted by Gasteiger charge is 2.41. The molecule has 0 saturated carbocycles. The van der Waals surface area contributed by atoms with E-state index in [0.29, 0.717) is 21.9 Å². The average molecular weight is 358 g/mol. The van der Waals surface area contributed by atoms with Crippen LogP contribution in [0.2, 0.25) is 5.02 Å². The Balaban J connectivity index is 1.82. The minimum Gasteiger partial charge on any atom is -0.425 e. The molecule has 0 N–H and O–H groups in total. The number of imide groups is 1. The van der Waals surface area contributed by atoms with Crippen molar-refractivity contribution >= 4 is 29.4 Å². The molecule has 0 aliphatic carbocycles. The quantitative estimate of drug-likeness (QED) is 0.479. The van der Waals surface area contributed by atoms with Crippen molar-refractivity contribution < 1.29 is 19.1 Å². The molecule has 2 amide bonds. The van der Waals surface area contributed by atoms with Crippen LogP contribution < -0.4 is 4.74 Å². The molecule has 2 aromatic carbocycles. The van der Waals surface area contributed by atoms with Crippen molar-refractivity contribution in [2.45, 2.75) is 26.8 Å². The van der Waals surface area contributed by atoms with E-state index in [0.717, 1.165) is 16.0 Å². The molecular formula is C19H16ClNO4. The third kappa shape index (κ3) is 2.91. The second-order valence-electron chi connectivity index (χ2n) is 5.99. The van der Waals surface area contributed by atoms with Gasteiger partial charge >= 0.3 is 5.97 Å². The number of amides is 2. The smallest absolute Gasteiger partial charge is 0.334 e. The summed E-state index contributed by atoms with van der Waals surface area (Å²) >= 11 is 6.10. The zero-order valence-corrected chi connectivity index (χ0v) is 14.8. The third-order valence-corrected chi connectivity index (χ3v) is 4.78. The Kier molecular flexibility index (Phi) is 4.35. The summed E-state index contributed by atoms with van der Waals surface area (Å²) in [7, 11) is 0. The van der Waals surface area contributed by atoms with Gasteiger partial charge in [-0.25, -0.2) is 4.79 Å². The predicted octanol–water partition coefficient (Wildman–Crippen LogP) is 3.55. The Morgan fingerprint density at radius 2 is 1.52 bits per heavy atom. The van der Waals surface area contributed by atoms with Gasteiger partial charge in [0.05, 0.1) is 11.1 Å². The molecule has 6 heteroatoms. The van der Waals surface area contributed by atoms with Gasteiger partial charge in [0, 0.05) is 5.02 Å². The zero-order chi connectivity index (χ0) is 18.3. The summed E-state index contributed by atoms with van der Waals surface area (Å²) in [5.74, 6) is -1.34. The predicted molar refractivity (Wildman–Crippen MR) is 93.0 cm³/mol. The summed E-state index contributed by atoms with van der Waals surface area (Å²) < 4.78 is 5.36. The van der Waals surface area contributed by atoms with Crippen molar-refractivity contribution in [2.75, 3.05) is 0 Å². The largest absolute Gasteiger partial charge is 0.425 e. The van der Waals surface area contributed by atoms with E-state index in [1.807, 2.05) is 0 Å². The number of hydrogen-bond donors (Lipinski definition) is 0. The fraction of sp³-hybridized carbons (Fsp3) is 0.211. The molecule has 5 nitrogen and oxygen atoms in total. The minimum atomic E-state index is -1.04. The van der Waals surface area contributed by atoms with Crippen LogP contribution in [0.15, 0.2) is 36.4 Å². The molecule has 1 aliphatic rings. The lowest BCUT2D eigenvalue weighted by Crippen LogP contribution is -2.44. The molecule has 0 radical (unpaired) electrons. The van der Waals surface area contributed by atoms with Gasteiger partial charge < -0.3 is 4.74 Å². The molecule has 0 bridgehead atoms. The summed E-state index contributed by atoms with van der Waals surface area (Å²) in [6.07, 6.45) is 0. The van der Waals surface area contributed by atoms with Crippen molar-refractivity contribution in [1.82, 2.24) is 4.90 Å². The van der Waals surface area contributed by atoms with Gasteiger partial charge in [-0.1, -0.05) is 23.7 Å². The van der Waals surface area contributed by atoms with E-state index in [-0.39, 0.29) is 0 Å². The third-order valence-electron chi connectivity index (χ3n) is 4.18. The number of fused-ring (bicyclic) bond motifs is 1. The van der Waals surface area contributed by atoms with Gasteiger partial charge in [0.25, 0.3) is 11.8 Å². The number of ether oxygens (including phenoxy) is 1. The van der Waals surface area contributed by atoms with E-state index >= 15 is 0 Å². The van der Waals surface area contributed by atoms with Crippen LogP contribution in [0, 0.1) is 13.8 Å². The van der Waals surface area contributed by atoms with Crippen LogP contribution in [0.3, 0.4) is 0 Å². The Bertz CT molecular complexity index is 848. The Labute approximate surface area is 150 Å². The van der Waals surface area contributed by atoms with Gasteiger partial charge in [-0.3, -0.25) is 14.5 Å². The van der Waals surface area contributed by atoms with Crippen LogP contribution in [0.25, 0.3) is 0 Å². The van der Waals surface area contributed by atoms with Crippen molar-refractivity contribution in [1.29, 1.82) is 0 Å². The SMILES string of the molecule is Cc1cc(OC(=O)C(C)N2C(=O)c3ccccc3C2=O)cc(C)c1Cl. The van der Waals surface area contributed by atoms with Crippen molar-refractivity contribution in [3.8, 4) is 5.75 Å². The molecule has 1 aliphatic heterocycles. The maximum Gasteiger partial charge on any atom is 0.334 e. The molecule has 1 heterocycles. The molecule has 25 heavy (non-hydrogen) atoms. The Morgan fingerprint density at radius 3 is 2.00 bits per heavy atom. The molecule has 1 unspecified atom stereocenters. The Morgan fingerprint density at radius 1 is 1.04 bits per heavy atom. The first-order chi connectivity index (χ1) is 11.8. The minimum absolute atomic E-state index is 0.297. The number of aryl methyl sites for hydroxylation is 2. The molecule has 0 fully saturated rings. The summed E-state index contributed by atoms with van der Waals surface area (Å²) in [5, 5.41) is 0.605. The van der Waals surface area contributed by atoms with Crippen LogP contribution in [0.1, 0.15) is 38.8 Å². The summed E-state index contributed by atoms with van der Waals surface area (Å²) in [6, 6.07) is 8.73. The van der Waals surface area contributed by atoms with Crippen LogP contribution in [0.5, 0.6) is 5.75 Å². The topological polar surface area (TPSA) is 63.7 Å². The van der Waals surface area contributed by atoms with Crippen LogP contribution in [-0.2, 0) is 4.79 Å². The summed E-state index contributed by atoms with van der Waals surface area (Å²) in [4.78, 5) is 38.3. The van der Waals surface area contributed by atoms with Crippen LogP contribution >= 0.6 is 11.6 Å². The van der Waals surface area contributed by atoms with E-state index in [9.17, 15) is 14.4 Å². The molecule has 1 atom stereocenters. The molecule has 0 aromatic heterocycles. The molecular weight excluding hydrogens is 342 g/mol. The van der Waals surface area contributed by atoms with Gasteiger partial charge in [-0.15, -0.1) is 0 Å². The molecule has 0 spiro atoms. The van der Waals surface area contributed by atoms with Crippen LogP contribution in [-0.4, -0.2) is 28.7 Å². The van der Waals surface area contributed by atoms with E-state index in [1.54, 1.807) is 50.2 Å². The number of carbonyl (C=O) groups is 3. The number of rotatable bonds is 3. The van der Waals surface area contributed by atoms with Crippen molar-refractivity contribution in [3.05, 3.63) is 63.7 Å². The second kappa shape index (κ2) is 6.33. The van der Waals surface area contributed by atoms with E-state index in [1.165, 1.54) is 6.92 Å². The molecule has 128 valence electrons. The monoisotopic (exact) mass is 357 g/mol. The van der Waals surface area contributed by atoms with E-state index in [4.69, 9.17) is 16.3 Å². The lowest BCUT2D eigenvalue weighted by Gasteiger charge is -2.21. The van der Waals surface area contributed by atoms with E-state index < -0.39 is 23.8 Å². The summed E-state index contributed by atoms with van der Waals surface area (Å²) in [6.45, 7) is 5.08. The van der Waals surface area contributed by atoms with Gasteiger partial charge in [0.2, 0.25) is 0 Å². The number of benzene rings is 2. The Hall–Kier alpha value is -2.66. The number of carbonyl (C=O) groups excluding carboxylic acids is 3. The molecule has 2 aromatic rings. The van der Waals surface area contributed by atoms with Gasteiger partial charge in [-0.2, -0.15) is 0 Å². The number of halogens is 1.